The van der Waals surface area contributed by atoms with Gasteiger partial charge in [0.25, 0.3) is 35.4 Å². The number of ether oxygens (including phenoxy) is 2. The lowest BCUT2D eigenvalue weighted by Crippen LogP contribution is -2.43. The zero-order valence-corrected chi connectivity index (χ0v) is 65.2. The largest absolute Gasteiger partial charge is 0.493 e. The maximum Gasteiger partial charge on any atom is 0.272 e. The van der Waals surface area contributed by atoms with Crippen molar-refractivity contribution in [3.8, 4) is 33.8 Å². The third-order valence-corrected chi connectivity index (χ3v) is 21.2. The van der Waals surface area contributed by atoms with E-state index in [0.717, 1.165) is 108 Å². The van der Waals surface area contributed by atoms with Crippen molar-refractivity contribution in [2.75, 3.05) is 58.2 Å². The van der Waals surface area contributed by atoms with E-state index in [1.54, 1.807) is 156 Å². The van der Waals surface area contributed by atoms with Crippen molar-refractivity contribution in [3.05, 3.63) is 232 Å². The fourth-order valence-corrected chi connectivity index (χ4v) is 14.9. The van der Waals surface area contributed by atoms with Crippen LogP contribution in [0.4, 0.5) is 39.8 Å². The Balaban J connectivity index is 0.000000199. The molecule has 6 aromatic carbocycles. The standard InChI is InChI=1S/C45H48N6O6.C44H45N7O6/c1-28-22-38-32(14-19-37-8-5-6-20-51(37)45(38)56)24-41(28)57-21-7-9-42(53)46-36-25-40(50(4)27-36)44(55)48-35-17-12-31(13-18-35)33-23-39(49(3)26-33)43(54)47-34-15-10-30(11-16-34)29(2)52;1-27-20-36-37(45-24-35-8-5-6-18-51(35)44(36)56)23-40(27)57-19-7-9-41(53)46-34-22-39(50(4)26-34)43(55)48-33-16-12-30(13-17-33)31-21-38(49(3)25-31)42(54)47-32-14-10-29(11-15-32)28(2)52/h10-13,15-18,22-27,37H,5-9,14,19-21H2,1-4H3,(H,46,53)(H,47,54)(H,48,55);10-17,20-26,35H,5-9,18-19H2,1-4H3,(H,46,53)(H,47,54)(H,48,55)/t37-;35-/m00/s1. The molecule has 586 valence electrons. The molecule has 2 atom stereocenters. The topological polar surface area (TPSA) is 300 Å². The molecule has 8 heterocycles. The Hall–Kier alpha value is -13.2. The molecule has 0 aliphatic carbocycles. The van der Waals surface area contributed by atoms with E-state index in [1.165, 1.54) is 20.3 Å². The monoisotopic (exact) mass is 1540 g/mol. The molecular weight excluding hydrogens is 1440 g/mol. The summed E-state index contributed by atoms with van der Waals surface area (Å²) in [5, 5.41) is 17.3. The molecule has 0 saturated carbocycles. The Morgan fingerprint density at radius 1 is 0.421 bits per heavy atom. The molecule has 0 unspecified atom stereocenters. The van der Waals surface area contributed by atoms with E-state index in [0.29, 0.717) is 117 Å². The molecule has 6 N–H and O–H groups in total. The number of nitrogens with zero attached hydrogens (tertiary/aromatic N) is 7. The van der Waals surface area contributed by atoms with Crippen LogP contribution >= 0.6 is 0 Å². The van der Waals surface area contributed by atoms with Crippen LogP contribution in [0, 0.1) is 13.8 Å². The number of fused-ring (bicyclic) bond motifs is 4. The summed E-state index contributed by atoms with van der Waals surface area (Å²) >= 11 is 0. The molecule has 114 heavy (non-hydrogen) atoms. The van der Waals surface area contributed by atoms with Gasteiger partial charge in [-0.2, -0.15) is 0 Å². The average Bonchev–Trinajstić information content (AvgIpc) is 1.58. The van der Waals surface area contributed by atoms with E-state index in [9.17, 15) is 47.9 Å². The van der Waals surface area contributed by atoms with Crippen LogP contribution in [-0.2, 0) is 44.2 Å². The lowest BCUT2D eigenvalue weighted by Gasteiger charge is -2.34. The maximum absolute atomic E-state index is 13.3. The first kappa shape index (κ1) is 78.9. The van der Waals surface area contributed by atoms with Crippen LogP contribution in [0.15, 0.2) is 175 Å². The van der Waals surface area contributed by atoms with Crippen molar-refractivity contribution >= 4 is 105 Å². The lowest BCUT2D eigenvalue weighted by molar-refractivity contribution is -0.117. The van der Waals surface area contributed by atoms with E-state index < -0.39 is 0 Å². The van der Waals surface area contributed by atoms with Gasteiger partial charge < -0.3 is 69.4 Å². The van der Waals surface area contributed by atoms with Gasteiger partial charge >= 0.3 is 0 Å². The first-order chi connectivity index (χ1) is 54.9. The first-order valence-electron chi connectivity index (χ1n) is 38.5. The number of anilines is 6. The Labute approximate surface area is 661 Å². The highest BCUT2D eigenvalue weighted by molar-refractivity contribution is 6.08. The number of carbonyl (C=O) groups excluding carboxylic acids is 10. The highest BCUT2D eigenvalue weighted by Crippen LogP contribution is 2.37. The number of piperidine rings is 2. The quantitative estimate of drug-likeness (QED) is 0.0243. The van der Waals surface area contributed by atoms with Crippen LogP contribution in [0.25, 0.3) is 22.3 Å². The smallest absolute Gasteiger partial charge is 0.272 e. The van der Waals surface area contributed by atoms with Crippen LogP contribution in [0.3, 0.4) is 0 Å². The van der Waals surface area contributed by atoms with Gasteiger partial charge in [-0.15, -0.1) is 0 Å². The zero-order valence-electron chi connectivity index (χ0n) is 65.2. The second-order valence-electron chi connectivity index (χ2n) is 29.6. The van der Waals surface area contributed by atoms with Gasteiger partial charge in [-0.05, 0) is 235 Å². The summed E-state index contributed by atoms with van der Waals surface area (Å²) in [4.78, 5) is 136. The molecule has 4 aromatic heterocycles. The molecule has 4 aliphatic heterocycles. The van der Waals surface area contributed by atoms with E-state index in [-0.39, 0.29) is 77.7 Å². The Bertz CT molecular complexity index is 5390. The van der Waals surface area contributed by atoms with Gasteiger partial charge in [0, 0.05) is 148 Å². The van der Waals surface area contributed by atoms with Crippen LogP contribution < -0.4 is 41.4 Å². The highest BCUT2D eigenvalue weighted by atomic mass is 16.5. The molecule has 2 saturated heterocycles. The van der Waals surface area contributed by atoms with Crippen molar-refractivity contribution in [1.82, 2.24) is 28.1 Å². The van der Waals surface area contributed by atoms with Crippen LogP contribution in [0.5, 0.6) is 11.5 Å². The van der Waals surface area contributed by atoms with E-state index in [1.807, 2.05) is 85.9 Å². The second-order valence-corrected chi connectivity index (χ2v) is 29.6. The number of benzene rings is 6. The SMILES string of the molecule is CC(=O)c1ccc(NC(=O)c2cc(-c3ccc(NC(=O)c4cc(NC(=O)CCCOc5cc6c(cc5C)C(=O)N5CCCC[C@H]5C=N6)cn4C)cc3)cn2C)cc1.CC(=O)c1ccc(NC(=O)c2cc(-c3ccc(NC(=O)c4cc(NC(=O)CCCOc5cc6c(cc5C)C(=O)N5CCCC[C@H]5CC6)cn4C)cc3)cn2C)cc1. The van der Waals surface area contributed by atoms with Gasteiger partial charge in [-0.3, -0.25) is 52.9 Å². The van der Waals surface area contributed by atoms with E-state index in [4.69, 9.17) is 9.47 Å². The summed E-state index contributed by atoms with van der Waals surface area (Å²) in [6, 6.07) is 42.9. The molecule has 25 heteroatoms. The summed E-state index contributed by atoms with van der Waals surface area (Å²) in [6.45, 7) is 9.09. The highest BCUT2D eigenvalue weighted by Gasteiger charge is 2.34. The van der Waals surface area contributed by atoms with Crippen molar-refractivity contribution in [2.45, 2.75) is 117 Å². The van der Waals surface area contributed by atoms with Crippen LogP contribution in [-0.4, -0.2) is 131 Å². The third kappa shape index (κ3) is 18.7. The Morgan fingerprint density at radius 3 is 1.29 bits per heavy atom. The first-order valence-corrected chi connectivity index (χ1v) is 38.5. The third-order valence-electron chi connectivity index (χ3n) is 21.2. The minimum atomic E-state index is -0.340. The van der Waals surface area contributed by atoms with Gasteiger partial charge in [0.1, 0.15) is 34.3 Å². The van der Waals surface area contributed by atoms with Gasteiger partial charge in [0.05, 0.1) is 41.9 Å². The maximum atomic E-state index is 13.3. The van der Waals surface area contributed by atoms with Crippen LogP contribution in [0.1, 0.15) is 185 Å². The number of nitrogens with one attached hydrogen (secondary N) is 6. The van der Waals surface area contributed by atoms with Crippen LogP contribution in [0.2, 0.25) is 0 Å². The minimum Gasteiger partial charge on any atom is -0.493 e. The second kappa shape index (κ2) is 35.0. The molecule has 0 spiro atoms. The summed E-state index contributed by atoms with van der Waals surface area (Å²) in [6.07, 6.45) is 18.5. The average molecular weight is 1540 g/mol. The van der Waals surface area contributed by atoms with Crippen molar-refractivity contribution in [3.63, 3.8) is 0 Å². The summed E-state index contributed by atoms with van der Waals surface area (Å²) < 4.78 is 18.9. The predicted octanol–water partition coefficient (Wildman–Crippen LogP) is 15.3. The fourth-order valence-electron chi connectivity index (χ4n) is 14.9. The normalized spacial score (nSPS) is 14.8. The van der Waals surface area contributed by atoms with Gasteiger partial charge in [0.15, 0.2) is 11.6 Å². The number of rotatable bonds is 24. The Kier molecular flexibility index (Phi) is 24.2. The van der Waals surface area contributed by atoms with Crippen molar-refractivity contribution in [1.29, 1.82) is 0 Å². The molecule has 25 nitrogen and oxygen atoms in total. The number of aryl methyl sites for hydroxylation is 7. The van der Waals surface area contributed by atoms with Gasteiger partial charge in [0.2, 0.25) is 11.8 Å². The summed E-state index contributed by atoms with van der Waals surface area (Å²) in [7, 11) is 7.06. The zero-order chi connectivity index (χ0) is 80.4. The molecule has 10 aromatic rings. The molecular formula is C89H93N13O12. The lowest BCUT2D eigenvalue weighted by atomic mass is 9.97. The Morgan fingerprint density at radius 2 is 0.825 bits per heavy atom. The molecule has 2 fully saturated rings. The number of hydrogen-bond donors (Lipinski definition) is 6. The summed E-state index contributed by atoms with van der Waals surface area (Å²) in [5.74, 6) is -0.183. The van der Waals surface area contributed by atoms with Crippen molar-refractivity contribution in [2.24, 2.45) is 33.2 Å². The number of aliphatic imine (C=N–C) groups is 1. The number of ketones is 2. The number of aromatic nitrogens is 4. The number of amides is 8. The fraction of sp³-hybridized carbons (Fsp3) is 0.292. The predicted molar refractivity (Wildman–Crippen MR) is 440 cm³/mol. The molecule has 4 aliphatic rings. The molecule has 14 rings (SSSR count). The van der Waals surface area contributed by atoms with E-state index in [2.05, 4.69) is 41.8 Å². The summed E-state index contributed by atoms with van der Waals surface area (Å²) in [5.41, 5.74) is 14.3. The van der Waals surface area contributed by atoms with Crippen molar-refractivity contribution < 1.29 is 57.4 Å². The van der Waals surface area contributed by atoms with Gasteiger partial charge in [-0.25, -0.2) is 0 Å². The number of Topliss-reactive ketones (excluding diaryl/α,β-unsaturated/α-hetero) is 2. The molecule has 0 bridgehead atoms. The van der Waals surface area contributed by atoms with E-state index >= 15 is 0 Å². The molecule has 0 radical (unpaired) electrons. The minimum absolute atomic E-state index is 0.00862. The molecule has 8 amide bonds. The number of carbonyl (C=O) groups is 10. The number of hydrogen-bond acceptors (Lipinski definition) is 13. The van der Waals surface area contributed by atoms with Gasteiger partial charge in [-0.1, -0.05) is 24.3 Å².